The van der Waals surface area contributed by atoms with Crippen molar-refractivity contribution in [1.82, 2.24) is 0 Å². The van der Waals surface area contributed by atoms with Gasteiger partial charge in [0.15, 0.2) is 23.0 Å². The van der Waals surface area contributed by atoms with E-state index in [0.717, 1.165) is 0 Å². The molecule has 228 valence electrons. The molecule has 0 fully saturated rings. The summed E-state index contributed by atoms with van der Waals surface area (Å²) in [7, 11) is 0. The maximum atomic E-state index is 10.2. The van der Waals surface area contributed by atoms with Crippen molar-refractivity contribution in [3.63, 3.8) is 0 Å². The third-order valence-corrected chi connectivity index (χ3v) is 7.03. The Balaban J connectivity index is 0.000000192. The number of hydrogen-bond donors (Lipinski definition) is 10. The number of benzene rings is 4. The summed E-state index contributed by atoms with van der Waals surface area (Å²) < 4.78 is 11.2. The topological polar surface area (TPSA) is 221 Å². The van der Waals surface area contributed by atoms with Crippen molar-refractivity contribution in [1.29, 1.82) is 0 Å². The van der Waals surface area contributed by atoms with Gasteiger partial charge in [-0.1, -0.05) is 12.1 Å². The molecule has 0 radical (unpaired) electrons. The fourth-order valence-electron chi connectivity index (χ4n) is 4.93. The number of aromatic hydroxyl groups is 8. The van der Waals surface area contributed by atoms with Crippen LogP contribution in [0.5, 0.6) is 57.5 Å². The van der Waals surface area contributed by atoms with Crippen LogP contribution in [0.4, 0.5) is 0 Å². The van der Waals surface area contributed by atoms with Gasteiger partial charge < -0.3 is 60.5 Å². The van der Waals surface area contributed by atoms with E-state index in [4.69, 9.17) is 9.47 Å². The number of aliphatic hydroxyl groups is 2. The van der Waals surface area contributed by atoms with Crippen molar-refractivity contribution < 1.29 is 60.5 Å². The monoisotopic (exact) mass is 614 g/mol. The van der Waals surface area contributed by atoms with Crippen molar-refractivity contribution >= 4 is 13.5 Å². The Morgan fingerprint density at radius 1 is 0.465 bits per heavy atom. The van der Waals surface area contributed by atoms with Gasteiger partial charge in [-0.2, -0.15) is 13.5 Å². The first-order chi connectivity index (χ1) is 19.9. The van der Waals surface area contributed by atoms with Gasteiger partial charge in [0.25, 0.3) is 0 Å². The minimum absolute atomic E-state index is 0. The summed E-state index contributed by atoms with van der Waals surface area (Å²) in [6.07, 6.45) is -3.12. The van der Waals surface area contributed by atoms with E-state index in [1.54, 1.807) is 0 Å². The molecule has 0 saturated carbocycles. The Labute approximate surface area is 251 Å². The SMILES string of the molecule is Oc1cc(O)c2c(c1)O[C@H](c1ccc(O)c(O)c1)[C@@H](O)C2.Oc1cc(O)c2c(c1)O[C@H](c1ccc(O)c(O)c1)[C@@H](O)C2.S. The molecule has 12 nitrogen and oxygen atoms in total. The lowest BCUT2D eigenvalue weighted by Gasteiger charge is -2.31. The summed E-state index contributed by atoms with van der Waals surface area (Å²) in [4.78, 5) is 0. The largest absolute Gasteiger partial charge is 0.508 e. The molecule has 0 amide bonds. The molecule has 0 aromatic heterocycles. The Bertz CT molecular complexity index is 1520. The molecule has 0 spiro atoms. The Morgan fingerprint density at radius 2 is 0.837 bits per heavy atom. The van der Waals surface area contributed by atoms with E-state index in [9.17, 15) is 51.1 Å². The molecule has 43 heavy (non-hydrogen) atoms. The fraction of sp³-hybridized carbons (Fsp3) is 0.200. The zero-order valence-electron chi connectivity index (χ0n) is 22.3. The lowest BCUT2D eigenvalue weighted by atomic mass is 9.94. The van der Waals surface area contributed by atoms with Crippen LogP contribution in [0, 0.1) is 0 Å². The zero-order valence-corrected chi connectivity index (χ0v) is 23.3. The molecule has 2 aliphatic heterocycles. The summed E-state index contributed by atoms with van der Waals surface area (Å²) in [5.41, 5.74) is 1.79. The van der Waals surface area contributed by atoms with Crippen LogP contribution in [-0.2, 0) is 12.8 Å². The quantitative estimate of drug-likeness (QED) is 0.147. The Kier molecular flexibility index (Phi) is 8.80. The first kappa shape index (κ1) is 31.1. The summed E-state index contributed by atoms with van der Waals surface area (Å²) in [5, 5.41) is 96.6. The molecule has 0 aliphatic carbocycles. The lowest BCUT2D eigenvalue weighted by molar-refractivity contribution is 0.0196. The van der Waals surface area contributed by atoms with Crippen LogP contribution >= 0.6 is 13.5 Å². The normalized spacial score (nSPS) is 20.1. The maximum Gasteiger partial charge on any atom is 0.157 e. The van der Waals surface area contributed by atoms with Crippen LogP contribution < -0.4 is 9.47 Å². The van der Waals surface area contributed by atoms with Crippen molar-refractivity contribution in [2.75, 3.05) is 0 Å². The summed E-state index contributed by atoms with van der Waals surface area (Å²) in [6.45, 7) is 0. The van der Waals surface area contributed by atoms with Crippen LogP contribution in [0.3, 0.4) is 0 Å². The molecule has 2 aliphatic rings. The van der Waals surface area contributed by atoms with Gasteiger partial charge in [-0.15, -0.1) is 0 Å². The Morgan fingerprint density at radius 3 is 1.19 bits per heavy atom. The molecule has 2 heterocycles. The van der Waals surface area contributed by atoms with Gasteiger partial charge in [0.2, 0.25) is 0 Å². The minimum Gasteiger partial charge on any atom is -0.508 e. The van der Waals surface area contributed by atoms with Crippen molar-refractivity contribution in [2.24, 2.45) is 0 Å². The van der Waals surface area contributed by atoms with Gasteiger partial charge in [-0.05, 0) is 35.4 Å². The van der Waals surface area contributed by atoms with Crippen LogP contribution in [-0.4, -0.2) is 63.3 Å². The number of fused-ring (bicyclic) bond motifs is 2. The van der Waals surface area contributed by atoms with Gasteiger partial charge in [-0.25, -0.2) is 0 Å². The predicted octanol–water partition coefficient (Wildman–Crippen LogP) is 3.21. The molecule has 0 saturated heterocycles. The first-order valence-corrected chi connectivity index (χ1v) is 12.7. The van der Waals surface area contributed by atoms with E-state index in [0.29, 0.717) is 22.3 Å². The third kappa shape index (κ3) is 6.33. The number of ether oxygens (including phenoxy) is 2. The summed E-state index contributed by atoms with van der Waals surface area (Å²) in [6, 6.07) is 13.3. The molecule has 13 heteroatoms. The van der Waals surface area contributed by atoms with Crippen LogP contribution in [0.2, 0.25) is 0 Å². The van der Waals surface area contributed by atoms with E-state index < -0.39 is 24.4 Å². The van der Waals surface area contributed by atoms with Crippen molar-refractivity contribution in [3.8, 4) is 57.5 Å². The predicted molar refractivity (Wildman–Crippen MR) is 156 cm³/mol. The van der Waals surface area contributed by atoms with Gasteiger partial charge in [0.1, 0.15) is 46.7 Å². The van der Waals surface area contributed by atoms with Crippen LogP contribution in [0.15, 0.2) is 60.7 Å². The number of phenols is 8. The molecule has 4 aromatic rings. The van der Waals surface area contributed by atoms with E-state index >= 15 is 0 Å². The number of phenolic OH excluding ortho intramolecular Hbond substituents is 8. The third-order valence-electron chi connectivity index (χ3n) is 7.03. The zero-order chi connectivity index (χ0) is 30.3. The van der Waals surface area contributed by atoms with E-state index in [2.05, 4.69) is 0 Å². The standard InChI is InChI=1S/2C15H14O6.H2S/c2*16-8-4-11(18)9-6-13(20)15(21-14(9)5-8)7-1-2-10(17)12(19)3-7;/h2*1-5,13,15-20H,6H2;1H2/t2*13-,15+;/m00./s1. The maximum absolute atomic E-state index is 10.2. The number of aliphatic hydroxyl groups excluding tert-OH is 2. The van der Waals surface area contributed by atoms with Gasteiger partial charge in [0.05, 0.1) is 12.2 Å². The number of rotatable bonds is 2. The molecule has 6 rings (SSSR count). The highest BCUT2D eigenvalue weighted by Gasteiger charge is 2.33. The molecule has 0 bridgehead atoms. The van der Waals surface area contributed by atoms with Gasteiger partial charge in [-0.3, -0.25) is 0 Å². The molecular weight excluding hydrogens is 584 g/mol. The summed E-state index contributed by atoms with van der Waals surface area (Å²) in [5.74, 6) is -1.18. The highest BCUT2D eigenvalue weighted by atomic mass is 32.1. The summed E-state index contributed by atoms with van der Waals surface area (Å²) >= 11 is 0. The second kappa shape index (κ2) is 12.2. The molecular formula is C30H30O12S. The molecule has 4 atom stereocenters. The Hall–Kier alpha value is -4.85. The highest BCUT2D eigenvalue weighted by molar-refractivity contribution is 7.59. The molecule has 10 N–H and O–H groups in total. The minimum atomic E-state index is -0.933. The first-order valence-electron chi connectivity index (χ1n) is 12.7. The molecule has 4 aromatic carbocycles. The molecule has 0 unspecified atom stereocenters. The van der Waals surface area contributed by atoms with Crippen LogP contribution in [0.1, 0.15) is 34.5 Å². The highest BCUT2D eigenvalue weighted by Crippen LogP contribution is 2.44. The number of hydrogen-bond acceptors (Lipinski definition) is 12. The van der Waals surface area contributed by atoms with E-state index in [-0.39, 0.29) is 83.8 Å². The van der Waals surface area contributed by atoms with Gasteiger partial charge >= 0.3 is 0 Å². The second-order valence-electron chi connectivity index (χ2n) is 10.00. The average molecular weight is 615 g/mol. The average Bonchev–Trinajstić information content (AvgIpc) is 2.92. The second-order valence-corrected chi connectivity index (χ2v) is 10.00. The van der Waals surface area contributed by atoms with Crippen LogP contribution in [0.25, 0.3) is 0 Å². The van der Waals surface area contributed by atoms with E-state index in [1.807, 2.05) is 0 Å². The van der Waals surface area contributed by atoms with Crippen molar-refractivity contribution in [3.05, 3.63) is 82.9 Å². The fourth-order valence-corrected chi connectivity index (χ4v) is 4.93. The van der Waals surface area contributed by atoms with Gasteiger partial charge in [0, 0.05) is 48.2 Å². The van der Waals surface area contributed by atoms with E-state index in [1.165, 1.54) is 60.7 Å². The van der Waals surface area contributed by atoms with Crippen molar-refractivity contribution in [2.45, 2.75) is 37.3 Å². The lowest BCUT2D eigenvalue weighted by Crippen LogP contribution is -2.30. The smallest absolute Gasteiger partial charge is 0.157 e.